The molecule has 128 valence electrons. The van der Waals surface area contributed by atoms with Gasteiger partial charge in [0.2, 0.25) is 15.9 Å². The van der Waals surface area contributed by atoms with Gasteiger partial charge in [-0.3, -0.25) is 4.98 Å². The highest BCUT2D eigenvalue weighted by molar-refractivity contribution is 7.88. The van der Waals surface area contributed by atoms with Crippen LogP contribution in [0.15, 0.2) is 36.7 Å². The molecule has 0 radical (unpaired) electrons. The molecule has 1 saturated heterocycles. The molecule has 3 rings (SSSR count). The molecule has 0 spiro atoms. The third-order valence-corrected chi connectivity index (χ3v) is 5.54. The number of ether oxygens (including phenoxy) is 1. The first-order valence-electron chi connectivity index (χ1n) is 7.94. The summed E-state index contributed by atoms with van der Waals surface area (Å²) in [6.07, 6.45) is 5.95. The van der Waals surface area contributed by atoms with Crippen molar-refractivity contribution in [1.82, 2.24) is 14.3 Å². The summed E-state index contributed by atoms with van der Waals surface area (Å²) in [6.45, 7) is 3.03. The molecule has 1 aliphatic rings. The van der Waals surface area contributed by atoms with Crippen molar-refractivity contribution >= 4 is 10.0 Å². The Morgan fingerprint density at radius 1 is 1.08 bits per heavy atom. The lowest BCUT2D eigenvalue weighted by Crippen LogP contribution is -2.37. The lowest BCUT2D eigenvalue weighted by atomic mass is 9.94. The number of nitrogens with zero attached hydrogens (tertiary/aromatic N) is 3. The van der Waals surface area contributed by atoms with Crippen LogP contribution in [0, 0.1) is 6.92 Å². The molecule has 0 bridgehead atoms. The maximum absolute atomic E-state index is 11.6. The molecule has 7 heteroatoms. The van der Waals surface area contributed by atoms with Crippen LogP contribution in [0.1, 0.15) is 30.0 Å². The Hall–Kier alpha value is -1.99. The van der Waals surface area contributed by atoms with Gasteiger partial charge in [-0.15, -0.1) is 0 Å². The third-order valence-electron chi connectivity index (χ3n) is 4.24. The van der Waals surface area contributed by atoms with Crippen LogP contribution in [-0.4, -0.2) is 42.0 Å². The van der Waals surface area contributed by atoms with E-state index in [1.54, 1.807) is 12.4 Å². The van der Waals surface area contributed by atoms with E-state index >= 15 is 0 Å². The number of rotatable bonds is 4. The molecule has 0 aliphatic carbocycles. The van der Waals surface area contributed by atoms with Crippen LogP contribution in [0.4, 0.5) is 0 Å². The van der Waals surface area contributed by atoms with Gasteiger partial charge in [-0.05, 0) is 31.9 Å². The van der Waals surface area contributed by atoms with Crippen LogP contribution in [0.3, 0.4) is 0 Å². The summed E-state index contributed by atoms with van der Waals surface area (Å²) in [5.41, 5.74) is 1.96. The van der Waals surface area contributed by atoms with Crippen LogP contribution in [0.2, 0.25) is 0 Å². The van der Waals surface area contributed by atoms with Gasteiger partial charge >= 0.3 is 0 Å². The summed E-state index contributed by atoms with van der Waals surface area (Å²) in [5, 5.41) is 0. The van der Waals surface area contributed by atoms with Crippen molar-refractivity contribution < 1.29 is 13.2 Å². The second kappa shape index (κ2) is 6.86. The molecule has 0 atom stereocenters. The van der Waals surface area contributed by atoms with E-state index in [1.807, 2.05) is 31.2 Å². The zero-order valence-electron chi connectivity index (χ0n) is 13.8. The van der Waals surface area contributed by atoms with Crippen molar-refractivity contribution in [2.75, 3.05) is 19.3 Å². The van der Waals surface area contributed by atoms with E-state index < -0.39 is 10.0 Å². The normalized spacial score (nSPS) is 16.9. The SMILES string of the molecule is Cc1ccc(Oc2nccnc2C2CCN(S(C)(=O)=O)CC2)cc1. The maximum Gasteiger partial charge on any atom is 0.241 e. The number of hydrogen-bond donors (Lipinski definition) is 0. The molecule has 24 heavy (non-hydrogen) atoms. The average Bonchev–Trinajstić information content (AvgIpc) is 2.57. The fourth-order valence-corrected chi connectivity index (χ4v) is 3.75. The van der Waals surface area contributed by atoms with Gasteiger partial charge in [-0.1, -0.05) is 17.7 Å². The number of aromatic nitrogens is 2. The monoisotopic (exact) mass is 347 g/mol. The minimum absolute atomic E-state index is 0.150. The molecule has 0 N–H and O–H groups in total. The van der Waals surface area contributed by atoms with Gasteiger partial charge in [-0.25, -0.2) is 17.7 Å². The first-order valence-corrected chi connectivity index (χ1v) is 9.79. The molecule has 2 aromatic rings. The molecular formula is C17H21N3O3S. The minimum Gasteiger partial charge on any atom is -0.437 e. The molecule has 2 heterocycles. The van der Waals surface area contributed by atoms with Crippen molar-refractivity contribution in [3.05, 3.63) is 47.9 Å². The summed E-state index contributed by atoms with van der Waals surface area (Å²) in [4.78, 5) is 8.77. The van der Waals surface area contributed by atoms with Crippen LogP contribution in [0.5, 0.6) is 11.6 Å². The Morgan fingerprint density at radius 2 is 1.71 bits per heavy atom. The summed E-state index contributed by atoms with van der Waals surface area (Å²) in [5.74, 6) is 1.37. The second-order valence-corrected chi connectivity index (χ2v) is 8.08. The van der Waals surface area contributed by atoms with E-state index in [0.717, 1.165) is 29.8 Å². The molecule has 0 saturated carbocycles. The van der Waals surface area contributed by atoms with Crippen molar-refractivity contribution in [3.8, 4) is 11.6 Å². The van der Waals surface area contributed by atoms with Gasteiger partial charge in [-0.2, -0.15) is 0 Å². The highest BCUT2D eigenvalue weighted by Gasteiger charge is 2.28. The molecule has 1 aromatic heterocycles. The third kappa shape index (κ3) is 3.91. The Kier molecular flexibility index (Phi) is 4.82. The topological polar surface area (TPSA) is 72.4 Å². The first-order chi connectivity index (χ1) is 11.4. The maximum atomic E-state index is 11.6. The number of sulfonamides is 1. The molecule has 6 nitrogen and oxygen atoms in total. The molecule has 1 aromatic carbocycles. The van der Waals surface area contributed by atoms with Crippen molar-refractivity contribution in [2.24, 2.45) is 0 Å². The average molecular weight is 347 g/mol. The van der Waals surface area contributed by atoms with Gasteiger partial charge in [0, 0.05) is 31.4 Å². The Bertz CT molecular complexity index is 798. The Morgan fingerprint density at radius 3 is 2.33 bits per heavy atom. The van der Waals surface area contributed by atoms with Crippen molar-refractivity contribution in [3.63, 3.8) is 0 Å². The highest BCUT2D eigenvalue weighted by atomic mass is 32.2. The van der Waals surface area contributed by atoms with Crippen LogP contribution < -0.4 is 4.74 Å². The standard InChI is InChI=1S/C17H21N3O3S/c1-13-3-5-15(6-4-13)23-17-16(18-9-10-19-17)14-7-11-20(12-8-14)24(2,21)22/h3-6,9-10,14H,7-8,11-12H2,1-2H3. The van der Waals surface area contributed by atoms with E-state index in [-0.39, 0.29) is 5.92 Å². The van der Waals surface area contributed by atoms with Gasteiger partial charge in [0.05, 0.1) is 6.26 Å². The highest BCUT2D eigenvalue weighted by Crippen LogP contribution is 2.33. The number of benzene rings is 1. The lowest BCUT2D eigenvalue weighted by molar-refractivity contribution is 0.312. The van der Waals surface area contributed by atoms with Crippen molar-refractivity contribution in [2.45, 2.75) is 25.7 Å². The second-order valence-electron chi connectivity index (χ2n) is 6.10. The smallest absolute Gasteiger partial charge is 0.241 e. The van der Waals surface area contributed by atoms with Crippen LogP contribution in [-0.2, 0) is 10.0 Å². The molecule has 0 unspecified atom stereocenters. The van der Waals surface area contributed by atoms with Crippen LogP contribution in [0.25, 0.3) is 0 Å². The summed E-state index contributed by atoms with van der Waals surface area (Å²) >= 11 is 0. The van der Waals surface area contributed by atoms with Crippen molar-refractivity contribution in [1.29, 1.82) is 0 Å². The van der Waals surface area contributed by atoms with Gasteiger partial charge in [0.25, 0.3) is 0 Å². The van der Waals surface area contributed by atoms with E-state index in [2.05, 4.69) is 9.97 Å². The largest absolute Gasteiger partial charge is 0.437 e. The molecule has 0 amide bonds. The van der Waals surface area contributed by atoms with Gasteiger partial charge < -0.3 is 4.74 Å². The lowest BCUT2D eigenvalue weighted by Gasteiger charge is -2.30. The quantitative estimate of drug-likeness (QED) is 0.850. The summed E-state index contributed by atoms with van der Waals surface area (Å²) < 4.78 is 30.7. The minimum atomic E-state index is -3.13. The van der Waals surface area contributed by atoms with E-state index in [1.165, 1.54) is 10.6 Å². The number of aryl methyl sites for hydroxylation is 1. The Balaban J connectivity index is 1.76. The fraction of sp³-hybridized carbons (Fsp3) is 0.412. The molecule has 1 fully saturated rings. The number of hydrogen-bond acceptors (Lipinski definition) is 5. The van der Waals surface area contributed by atoms with E-state index in [0.29, 0.717) is 19.0 Å². The van der Waals surface area contributed by atoms with Gasteiger partial charge in [0.1, 0.15) is 11.4 Å². The Labute approximate surface area is 142 Å². The molecular weight excluding hydrogens is 326 g/mol. The molecule has 1 aliphatic heterocycles. The van der Waals surface area contributed by atoms with Gasteiger partial charge in [0.15, 0.2) is 0 Å². The zero-order valence-corrected chi connectivity index (χ0v) is 14.7. The van der Waals surface area contributed by atoms with Crippen LogP contribution >= 0.6 is 0 Å². The fourth-order valence-electron chi connectivity index (χ4n) is 2.87. The predicted molar refractivity (Wildman–Crippen MR) is 91.7 cm³/mol. The predicted octanol–water partition coefficient (Wildman–Crippen LogP) is 2.72. The summed E-state index contributed by atoms with van der Waals surface area (Å²) in [6, 6.07) is 7.77. The number of piperidine rings is 1. The first kappa shape index (κ1) is 16.9. The summed E-state index contributed by atoms with van der Waals surface area (Å²) in [7, 11) is -3.13. The van der Waals surface area contributed by atoms with E-state index in [9.17, 15) is 8.42 Å². The van der Waals surface area contributed by atoms with E-state index in [4.69, 9.17) is 4.74 Å². The zero-order chi connectivity index (χ0) is 17.2.